The van der Waals surface area contributed by atoms with E-state index in [1.54, 1.807) is 54.6 Å². The zero-order valence-corrected chi connectivity index (χ0v) is 20.4. The number of hydrogen-bond acceptors (Lipinski definition) is 5. The maximum atomic E-state index is 12.2. The van der Waals surface area contributed by atoms with Crippen LogP contribution in [0.25, 0.3) is 0 Å². The second kappa shape index (κ2) is 12.0. The van der Waals surface area contributed by atoms with E-state index in [1.165, 1.54) is 6.21 Å². The van der Waals surface area contributed by atoms with Crippen LogP contribution >= 0.6 is 23.2 Å². The van der Waals surface area contributed by atoms with Gasteiger partial charge >= 0.3 is 11.8 Å². The number of carbonyl (C=O) groups is 3. The van der Waals surface area contributed by atoms with Crippen LogP contribution in [0.1, 0.15) is 16.7 Å². The van der Waals surface area contributed by atoms with Crippen molar-refractivity contribution in [2.24, 2.45) is 5.10 Å². The molecule has 0 unspecified atom stereocenters. The fourth-order valence-corrected chi connectivity index (χ4v) is 3.25. The van der Waals surface area contributed by atoms with Crippen molar-refractivity contribution in [3.05, 3.63) is 87.4 Å². The maximum absolute atomic E-state index is 12.2. The first-order chi connectivity index (χ1) is 16.7. The number of anilines is 2. The summed E-state index contributed by atoms with van der Waals surface area (Å²) in [4.78, 5) is 36.3. The molecular formula is C25H22Cl2N4O4. The highest BCUT2D eigenvalue weighted by Gasteiger charge is 2.14. The summed E-state index contributed by atoms with van der Waals surface area (Å²) >= 11 is 12.0. The second-order valence-corrected chi connectivity index (χ2v) is 8.20. The number of aryl methyl sites for hydroxylation is 1. The Bertz CT molecular complexity index is 1290. The minimum Gasteiger partial charge on any atom is -0.484 e. The number of halogens is 2. The van der Waals surface area contributed by atoms with Crippen LogP contribution in [-0.2, 0) is 14.4 Å². The summed E-state index contributed by atoms with van der Waals surface area (Å²) in [6.45, 7) is 3.50. The summed E-state index contributed by atoms with van der Waals surface area (Å²) in [7, 11) is 0. The topological polar surface area (TPSA) is 109 Å². The standard InChI is InChI=1S/C25H22Cl2N4O4/c1-15-6-3-10-20(16(15)2)30-24(33)25(34)31-28-13-17-7-4-8-18(12-17)35-14-22(32)29-21-11-5-9-19(26)23(21)27/h3-13H,14H2,1-2H3,(H,29,32)(H,30,33)(H,31,34)/b28-13-. The molecule has 0 aliphatic rings. The van der Waals surface area contributed by atoms with Gasteiger partial charge in [-0.05, 0) is 60.9 Å². The summed E-state index contributed by atoms with van der Waals surface area (Å²) < 4.78 is 5.50. The van der Waals surface area contributed by atoms with E-state index in [1.807, 2.05) is 19.9 Å². The van der Waals surface area contributed by atoms with E-state index in [0.717, 1.165) is 11.1 Å². The highest BCUT2D eigenvalue weighted by atomic mass is 35.5. The Labute approximate surface area is 212 Å². The van der Waals surface area contributed by atoms with Crippen molar-refractivity contribution in [3.8, 4) is 5.75 Å². The minimum atomic E-state index is -0.911. The SMILES string of the molecule is Cc1cccc(NC(=O)C(=O)N/N=C\c2cccc(OCC(=O)Nc3cccc(Cl)c3Cl)c2)c1C. The van der Waals surface area contributed by atoms with E-state index in [9.17, 15) is 14.4 Å². The summed E-state index contributed by atoms with van der Waals surface area (Å²) in [5.74, 6) is -1.76. The number of ether oxygens (including phenoxy) is 1. The van der Waals surface area contributed by atoms with Crippen LogP contribution in [0, 0.1) is 13.8 Å². The molecule has 0 bridgehead atoms. The molecule has 0 aromatic heterocycles. The molecule has 8 nitrogen and oxygen atoms in total. The van der Waals surface area contributed by atoms with Crippen LogP contribution in [0.15, 0.2) is 65.8 Å². The summed E-state index contributed by atoms with van der Waals surface area (Å²) in [5, 5.41) is 9.56. The first-order valence-electron chi connectivity index (χ1n) is 10.4. The van der Waals surface area contributed by atoms with Crippen molar-refractivity contribution in [1.29, 1.82) is 0 Å². The normalized spacial score (nSPS) is 10.6. The average molecular weight is 513 g/mol. The van der Waals surface area contributed by atoms with E-state index < -0.39 is 17.7 Å². The zero-order chi connectivity index (χ0) is 25.4. The Morgan fingerprint density at radius 1 is 0.914 bits per heavy atom. The van der Waals surface area contributed by atoms with E-state index in [0.29, 0.717) is 27.7 Å². The highest BCUT2D eigenvalue weighted by molar-refractivity contribution is 6.44. The van der Waals surface area contributed by atoms with Crippen molar-refractivity contribution >= 4 is 58.5 Å². The summed E-state index contributed by atoms with van der Waals surface area (Å²) in [6.07, 6.45) is 1.35. The van der Waals surface area contributed by atoms with Crippen molar-refractivity contribution in [1.82, 2.24) is 5.43 Å². The first kappa shape index (κ1) is 25.7. The quantitative estimate of drug-likeness (QED) is 0.241. The fraction of sp³-hybridized carbons (Fsp3) is 0.120. The van der Waals surface area contributed by atoms with Gasteiger partial charge in [0.25, 0.3) is 5.91 Å². The van der Waals surface area contributed by atoms with Crippen LogP contribution < -0.4 is 20.8 Å². The molecule has 0 heterocycles. The lowest BCUT2D eigenvalue weighted by molar-refractivity contribution is -0.136. The predicted molar refractivity (Wildman–Crippen MR) is 137 cm³/mol. The number of nitrogens with zero attached hydrogens (tertiary/aromatic N) is 1. The fourth-order valence-electron chi connectivity index (χ4n) is 2.90. The number of rotatable bonds is 7. The van der Waals surface area contributed by atoms with Crippen molar-refractivity contribution in [2.45, 2.75) is 13.8 Å². The van der Waals surface area contributed by atoms with Crippen LogP contribution in [0.4, 0.5) is 11.4 Å². The number of nitrogens with one attached hydrogen (secondary N) is 3. The number of hydrazone groups is 1. The number of benzene rings is 3. The van der Waals surface area contributed by atoms with Gasteiger partial charge in [-0.15, -0.1) is 0 Å². The molecule has 0 atom stereocenters. The molecule has 3 rings (SSSR count). The second-order valence-electron chi connectivity index (χ2n) is 7.41. The van der Waals surface area contributed by atoms with Gasteiger partial charge in [0.1, 0.15) is 5.75 Å². The Morgan fingerprint density at radius 2 is 1.63 bits per heavy atom. The van der Waals surface area contributed by atoms with Crippen LogP contribution in [0.3, 0.4) is 0 Å². The first-order valence-corrected chi connectivity index (χ1v) is 11.2. The van der Waals surface area contributed by atoms with Gasteiger partial charge in [-0.2, -0.15) is 5.10 Å². The third-order valence-electron chi connectivity index (χ3n) is 4.89. The molecule has 35 heavy (non-hydrogen) atoms. The third-order valence-corrected chi connectivity index (χ3v) is 5.71. The smallest absolute Gasteiger partial charge is 0.329 e. The van der Waals surface area contributed by atoms with Gasteiger partial charge in [0.2, 0.25) is 0 Å². The van der Waals surface area contributed by atoms with E-state index in [4.69, 9.17) is 27.9 Å². The van der Waals surface area contributed by atoms with Gasteiger partial charge in [-0.3, -0.25) is 14.4 Å². The third kappa shape index (κ3) is 7.30. The molecule has 0 saturated heterocycles. The molecule has 3 aromatic carbocycles. The Balaban J connectivity index is 1.51. The lowest BCUT2D eigenvalue weighted by Gasteiger charge is -2.10. The minimum absolute atomic E-state index is 0.241. The number of amides is 3. The van der Waals surface area contributed by atoms with Crippen molar-refractivity contribution in [3.63, 3.8) is 0 Å². The number of hydrogen-bond donors (Lipinski definition) is 3. The Morgan fingerprint density at radius 3 is 2.43 bits per heavy atom. The lowest BCUT2D eigenvalue weighted by atomic mass is 10.1. The molecule has 0 radical (unpaired) electrons. The molecule has 3 N–H and O–H groups in total. The van der Waals surface area contributed by atoms with E-state index >= 15 is 0 Å². The predicted octanol–water partition coefficient (Wildman–Crippen LogP) is 4.72. The van der Waals surface area contributed by atoms with Crippen LogP contribution in [0.2, 0.25) is 10.0 Å². The van der Waals surface area contributed by atoms with Crippen molar-refractivity contribution in [2.75, 3.05) is 17.2 Å². The van der Waals surface area contributed by atoms with Gasteiger partial charge in [-0.1, -0.05) is 53.5 Å². The molecule has 0 fully saturated rings. The molecule has 0 aliphatic carbocycles. The molecule has 3 aromatic rings. The van der Waals surface area contributed by atoms with Crippen molar-refractivity contribution < 1.29 is 19.1 Å². The molecular weight excluding hydrogens is 491 g/mol. The van der Waals surface area contributed by atoms with Gasteiger partial charge in [-0.25, -0.2) is 5.43 Å². The largest absolute Gasteiger partial charge is 0.484 e. The summed E-state index contributed by atoms with van der Waals surface area (Å²) in [5.41, 5.74) is 5.57. The molecule has 0 saturated carbocycles. The maximum Gasteiger partial charge on any atom is 0.329 e. The van der Waals surface area contributed by atoms with E-state index in [-0.39, 0.29) is 11.6 Å². The Hall–Kier alpha value is -3.88. The van der Waals surface area contributed by atoms with Gasteiger partial charge in [0.05, 0.1) is 21.9 Å². The molecule has 180 valence electrons. The zero-order valence-electron chi connectivity index (χ0n) is 18.9. The molecule has 3 amide bonds. The molecule has 0 aliphatic heterocycles. The Kier molecular flexibility index (Phi) is 8.83. The number of carbonyl (C=O) groups excluding carboxylic acids is 3. The monoisotopic (exact) mass is 512 g/mol. The lowest BCUT2D eigenvalue weighted by Crippen LogP contribution is -2.32. The van der Waals surface area contributed by atoms with Gasteiger partial charge in [0, 0.05) is 5.69 Å². The van der Waals surface area contributed by atoms with Crippen LogP contribution in [0.5, 0.6) is 5.75 Å². The van der Waals surface area contributed by atoms with Crippen LogP contribution in [-0.4, -0.2) is 30.5 Å². The van der Waals surface area contributed by atoms with Gasteiger partial charge < -0.3 is 15.4 Å². The highest BCUT2D eigenvalue weighted by Crippen LogP contribution is 2.29. The molecule has 10 heteroatoms. The molecule has 0 spiro atoms. The van der Waals surface area contributed by atoms with Gasteiger partial charge in [0.15, 0.2) is 6.61 Å². The average Bonchev–Trinajstić information content (AvgIpc) is 2.84. The summed E-state index contributed by atoms with van der Waals surface area (Å²) in [6, 6.07) is 17.0. The van der Waals surface area contributed by atoms with E-state index in [2.05, 4.69) is 21.2 Å².